The van der Waals surface area contributed by atoms with Gasteiger partial charge in [-0.25, -0.2) is 0 Å². The van der Waals surface area contributed by atoms with E-state index in [9.17, 15) is 4.79 Å². The lowest BCUT2D eigenvalue weighted by Gasteiger charge is -2.56. The molecule has 1 heterocycles. The fourth-order valence-electron chi connectivity index (χ4n) is 6.43. The number of nitrogens with one attached hydrogen (secondary N) is 1. The second-order valence-electron chi connectivity index (χ2n) is 9.05. The summed E-state index contributed by atoms with van der Waals surface area (Å²) in [6.07, 6.45) is 12.0. The van der Waals surface area contributed by atoms with E-state index in [1.54, 1.807) is 0 Å². The predicted octanol–water partition coefficient (Wildman–Crippen LogP) is 4.10. The van der Waals surface area contributed by atoms with Crippen LogP contribution in [0.15, 0.2) is 18.2 Å². The van der Waals surface area contributed by atoms with Crippen molar-refractivity contribution in [2.75, 3.05) is 13.3 Å². The lowest BCUT2D eigenvalue weighted by molar-refractivity contribution is -0.154. The maximum Gasteiger partial charge on any atom is 0.311 e. The molecule has 0 amide bonds. The van der Waals surface area contributed by atoms with Crippen molar-refractivity contribution >= 4 is 5.97 Å². The van der Waals surface area contributed by atoms with Crippen LogP contribution in [0.4, 0.5) is 0 Å². The molecular weight excluding hydrogens is 338 g/mol. The molecule has 4 nitrogen and oxygen atoms in total. The van der Waals surface area contributed by atoms with Crippen molar-refractivity contribution in [3.63, 3.8) is 0 Å². The summed E-state index contributed by atoms with van der Waals surface area (Å²) in [6.45, 7) is 1.17. The molecule has 4 aliphatic rings. The van der Waals surface area contributed by atoms with Gasteiger partial charge in [0.2, 0.25) is 6.79 Å². The number of carbonyl (C=O) groups excluding carboxylic acids is 1. The van der Waals surface area contributed by atoms with Gasteiger partial charge in [-0.15, -0.1) is 0 Å². The van der Waals surface area contributed by atoms with Crippen LogP contribution in [0.2, 0.25) is 0 Å². The Bertz CT molecular complexity index is 708. The van der Waals surface area contributed by atoms with Crippen LogP contribution in [-0.2, 0) is 21.4 Å². The highest BCUT2D eigenvalue weighted by atomic mass is 16.7. The second kappa shape index (κ2) is 7.12. The zero-order valence-electron chi connectivity index (χ0n) is 16.2. The van der Waals surface area contributed by atoms with Gasteiger partial charge < -0.3 is 14.8 Å². The minimum absolute atomic E-state index is 0.0364. The molecule has 2 bridgehead atoms. The Balaban J connectivity index is 1.31. The first-order valence-electron chi connectivity index (χ1n) is 10.9. The number of carbonyl (C=O) groups is 1. The summed E-state index contributed by atoms with van der Waals surface area (Å²) in [6, 6.07) is 7.21. The summed E-state index contributed by atoms with van der Waals surface area (Å²) >= 11 is 0. The first-order chi connectivity index (χ1) is 13.3. The van der Waals surface area contributed by atoms with E-state index in [0.29, 0.717) is 11.5 Å². The molecular formula is C23H31NO3. The van der Waals surface area contributed by atoms with E-state index in [-0.39, 0.29) is 18.7 Å². The average Bonchev–Trinajstić information content (AvgIpc) is 3.23. The van der Waals surface area contributed by atoms with Gasteiger partial charge in [-0.3, -0.25) is 4.79 Å². The van der Waals surface area contributed by atoms with Gasteiger partial charge >= 0.3 is 5.97 Å². The molecule has 5 rings (SSSR count). The number of fused-ring (bicyclic) bond motifs is 1. The molecule has 0 radical (unpaired) electrons. The fourth-order valence-corrected chi connectivity index (χ4v) is 6.43. The lowest BCUT2D eigenvalue weighted by atomic mass is 9.53. The van der Waals surface area contributed by atoms with E-state index in [1.165, 1.54) is 43.2 Å². The Kier molecular flexibility index (Phi) is 4.63. The number of benzene rings is 1. The molecule has 4 heteroatoms. The number of ether oxygens (including phenoxy) is 2. The van der Waals surface area contributed by atoms with Crippen LogP contribution in [0.1, 0.15) is 68.9 Å². The van der Waals surface area contributed by atoms with Gasteiger partial charge in [0.05, 0.1) is 5.92 Å². The minimum atomic E-state index is -0.0856. The lowest BCUT2D eigenvalue weighted by Crippen LogP contribution is -2.59. The Morgan fingerprint density at radius 1 is 1.11 bits per heavy atom. The summed E-state index contributed by atoms with van der Waals surface area (Å²) in [4.78, 5) is 12.1. The first kappa shape index (κ1) is 17.5. The molecule has 0 spiro atoms. The van der Waals surface area contributed by atoms with Crippen LogP contribution >= 0.6 is 0 Å². The van der Waals surface area contributed by atoms with Gasteiger partial charge in [-0.05, 0) is 74.2 Å². The quantitative estimate of drug-likeness (QED) is 0.641. The maximum atomic E-state index is 12.1. The molecule has 27 heavy (non-hydrogen) atoms. The molecule has 2 saturated carbocycles. The van der Waals surface area contributed by atoms with Gasteiger partial charge in [0, 0.05) is 11.5 Å². The van der Waals surface area contributed by atoms with Gasteiger partial charge in [-0.2, -0.15) is 0 Å². The summed E-state index contributed by atoms with van der Waals surface area (Å²) in [5.74, 6) is 1.62. The summed E-state index contributed by atoms with van der Waals surface area (Å²) in [5, 5.41) is 3.78. The molecule has 3 fully saturated rings. The molecule has 146 valence electrons. The minimum Gasteiger partial charge on any atom is -0.457 e. The van der Waals surface area contributed by atoms with Gasteiger partial charge in [0.25, 0.3) is 0 Å². The first-order valence-corrected chi connectivity index (χ1v) is 10.9. The second-order valence-corrected chi connectivity index (χ2v) is 9.05. The zero-order valence-corrected chi connectivity index (χ0v) is 16.2. The van der Waals surface area contributed by atoms with Crippen LogP contribution < -0.4 is 10.1 Å². The number of hydrogen-bond donors (Lipinski definition) is 1. The summed E-state index contributed by atoms with van der Waals surface area (Å²) < 4.78 is 11.2. The molecule has 1 N–H and O–H groups in total. The van der Waals surface area contributed by atoms with Crippen LogP contribution in [0, 0.1) is 11.8 Å². The van der Waals surface area contributed by atoms with Crippen molar-refractivity contribution in [1.29, 1.82) is 0 Å². The van der Waals surface area contributed by atoms with Crippen molar-refractivity contribution in [3.05, 3.63) is 29.3 Å². The van der Waals surface area contributed by atoms with Crippen LogP contribution in [0.5, 0.6) is 5.75 Å². The third kappa shape index (κ3) is 3.06. The highest BCUT2D eigenvalue weighted by molar-refractivity contribution is 5.72. The number of piperidine rings is 1. The van der Waals surface area contributed by atoms with E-state index >= 15 is 0 Å². The van der Waals surface area contributed by atoms with E-state index < -0.39 is 0 Å². The summed E-state index contributed by atoms with van der Waals surface area (Å²) in [5.41, 5.74) is 3.34. The molecule has 0 aromatic heterocycles. The van der Waals surface area contributed by atoms with E-state index in [0.717, 1.165) is 50.3 Å². The highest BCUT2D eigenvalue weighted by Gasteiger charge is 2.51. The van der Waals surface area contributed by atoms with Gasteiger partial charge in [-0.1, -0.05) is 31.7 Å². The normalized spacial score (nSPS) is 32.4. The Labute approximate surface area is 162 Å². The molecule has 0 unspecified atom stereocenters. The van der Waals surface area contributed by atoms with Crippen molar-refractivity contribution < 1.29 is 14.3 Å². The third-order valence-electron chi connectivity index (χ3n) is 7.73. The predicted molar refractivity (Wildman–Crippen MR) is 104 cm³/mol. The standard InChI is InChI=1S/C23H31NO3/c25-22(16-5-1-2-6-16)27-15-26-18-9-8-17-13-21-19-7-3-4-10-23(19,11-12-24-21)20(17)14-18/h8-9,14,16,19,21,24H,1-7,10-13,15H2/t19-,21+,23-/m1/s1. The molecule has 3 atom stereocenters. The van der Waals surface area contributed by atoms with Gasteiger partial charge in [0.15, 0.2) is 0 Å². The summed E-state index contributed by atoms with van der Waals surface area (Å²) in [7, 11) is 0. The van der Waals surface area contributed by atoms with Crippen LogP contribution in [-0.4, -0.2) is 25.3 Å². The Morgan fingerprint density at radius 2 is 1.96 bits per heavy atom. The van der Waals surface area contributed by atoms with E-state index in [2.05, 4.69) is 23.5 Å². The fraction of sp³-hybridized carbons (Fsp3) is 0.696. The van der Waals surface area contributed by atoms with E-state index in [4.69, 9.17) is 9.47 Å². The Morgan fingerprint density at radius 3 is 2.85 bits per heavy atom. The molecule has 1 aliphatic heterocycles. The van der Waals surface area contributed by atoms with Crippen molar-refractivity contribution in [3.8, 4) is 5.75 Å². The number of rotatable bonds is 4. The Hall–Kier alpha value is -1.55. The van der Waals surface area contributed by atoms with Crippen LogP contribution in [0.25, 0.3) is 0 Å². The molecule has 1 aromatic carbocycles. The maximum absolute atomic E-state index is 12.1. The number of esters is 1. The average molecular weight is 370 g/mol. The molecule has 1 saturated heterocycles. The zero-order chi connectivity index (χ0) is 18.3. The SMILES string of the molecule is O=C(OCOc1ccc2c(c1)[C@@]13CCCC[C@@H]1[C@H](C2)NCC3)C1CCCC1. The van der Waals surface area contributed by atoms with Gasteiger partial charge in [0.1, 0.15) is 5.75 Å². The molecule has 1 aromatic rings. The smallest absolute Gasteiger partial charge is 0.311 e. The molecule has 3 aliphatic carbocycles. The monoisotopic (exact) mass is 369 g/mol. The van der Waals surface area contributed by atoms with Crippen LogP contribution in [0.3, 0.4) is 0 Å². The van der Waals surface area contributed by atoms with E-state index in [1.807, 2.05) is 0 Å². The topological polar surface area (TPSA) is 47.6 Å². The van der Waals surface area contributed by atoms with Crippen molar-refractivity contribution in [2.24, 2.45) is 11.8 Å². The van der Waals surface area contributed by atoms with Crippen molar-refractivity contribution in [1.82, 2.24) is 5.32 Å². The number of hydrogen-bond acceptors (Lipinski definition) is 4. The van der Waals surface area contributed by atoms with Crippen molar-refractivity contribution in [2.45, 2.75) is 75.7 Å². The highest BCUT2D eigenvalue weighted by Crippen LogP contribution is 2.54. The third-order valence-corrected chi connectivity index (χ3v) is 7.73. The largest absolute Gasteiger partial charge is 0.457 e.